The number of aryl methyl sites for hydroxylation is 4. The van der Waals surface area contributed by atoms with E-state index in [1.54, 1.807) is 0 Å². The van der Waals surface area contributed by atoms with Gasteiger partial charge in [-0.2, -0.15) is 0 Å². The van der Waals surface area contributed by atoms with E-state index in [-0.39, 0.29) is 32.6 Å². The number of hydrogen-bond acceptors (Lipinski definition) is 4. The molecule has 0 saturated carbocycles. The van der Waals surface area contributed by atoms with Crippen molar-refractivity contribution in [2.24, 2.45) is 0 Å². The number of nitrogens with zero attached hydrogens (tertiary/aromatic N) is 2. The Morgan fingerprint density at radius 2 is 0.678 bits per heavy atom. The number of rotatable bonds is 29. The van der Waals surface area contributed by atoms with Gasteiger partial charge in [0.1, 0.15) is 11.5 Å². The first-order chi connectivity index (χ1) is 28.4. The quantitative estimate of drug-likeness (QED) is 0.0420. The molecule has 0 aliphatic carbocycles. The standard InChI is InChI=1S/C54H76N2O2.Pt/c1-5-9-13-17-19-23-27-45-37-49(41-53(57)47-33-29-43(30-34-47)25-21-15-11-7-3)55-51(39-45)52-40-46(28-24-20-18-14-10-6-2)38-50(56-52)42-54(58)48-35-31-44(32-36-48)26-22-16-12-8-4;/h29-42,57-58H,5-28H2,1-4H3;/b53-41-,54-42-;. The Bertz CT molecular complexity index is 1660. The van der Waals surface area contributed by atoms with E-state index in [0.717, 1.165) is 72.4 Å². The van der Waals surface area contributed by atoms with E-state index < -0.39 is 0 Å². The molecule has 2 heterocycles. The van der Waals surface area contributed by atoms with Crippen molar-refractivity contribution in [1.29, 1.82) is 0 Å². The monoisotopic (exact) mass is 980 g/mol. The molecule has 59 heavy (non-hydrogen) atoms. The number of hydrogen-bond donors (Lipinski definition) is 2. The third-order valence-corrected chi connectivity index (χ3v) is 11.4. The first-order valence-corrected chi connectivity index (χ1v) is 23.4. The summed E-state index contributed by atoms with van der Waals surface area (Å²) in [6.45, 7) is 9.01. The van der Waals surface area contributed by atoms with Gasteiger partial charge in [-0.25, -0.2) is 9.97 Å². The van der Waals surface area contributed by atoms with Gasteiger partial charge < -0.3 is 10.2 Å². The van der Waals surface area contributed by atoms with E-state index in [9.17, 15) is 10.2 Å². The molecule has 2 aromatic heterocycles. The van der Waals surface area contributed by atoms with Gasteiger partial charge in [-0.15, -0.1) is 0 Å². The van der Waals surface area contributed by atoms with Crippen LogP contribution in [0.1, 0.15) is 201 Å². The van der Waals surface area contributed by atoms with Crippen LogP contribution in [0.4, 0.5) is 0 Å². The van der Waals surface area contributed by atoms with Gasteiger partial charge >= 0.3 is 0 Å². The molecule has 5 heteroatoms. The molecule has 0 amide bonds. The van der Waals surface area contributed by atoms with Gasteiger partial charge in [0.15, 0.2) is 0 Å². The number of aromatic nitrogens is 2. The zero-order chi connectivity index (χ0) is 41.2. The third-order valence-electron chi connectivity index (χ3n) is 11.4. The fraction of sp³-hybridized carbons (Fsp3) is 0.519. The summed E-state index contributed by atoms with van der Waals surface area (Å²) in [5.41, 5.74) is 9.71. The summed E-state index contributed by atoms with van der Waals surface area (Å²) in [5, 5.41) is 22.8. The molecule has 0 fully saturated rings. The topological polar surface area (TPSA) is 66.2 Å². The fourth-order valence-corrected chi connectivity index (χ4v) is 7.78. The number of aliphatic hydroxyl groups is 2. The minimum atomic E-state index is 0. The Morgan fingerprint density at radius 3 is 1.02 bits per heavy atom. The minimum absolute atomic E-state index is 0. The van der Waals surface area contributed by atoms with Crippen LogP contribution >= 0.6 is 0 Å². The van der Waals surface area contributed by atoms with Crippen molar-refractivity contribution < 1.29 is 31.3 Å². The number of pyridine rings is 2. The van der Waals surface area contributed by atoms with Gasteiger partial charge in [-0.1, -0.05) is 179 Å². The van der Waals surface area contributed by atoms with Crippen molar-refractivity contribution >= 4 is 23.7 Å². The molecule has 0 bridgehead atoms. The maximum atomic E-state index is 11.4. The molecule has 2 aromatic carbocycles. The van der Waals surface area contributed by atoms with Crippen molar-refractivity contribution in [2.45, 2.75) is 182 Å². The fourth-order valence-electron chi connectivity index (χ4n) is 7.78. The molecule has 0 spiro atoms. The van der Waals surface area contributed by atoms with Gasteiger partial charge in [0.05, 0.1) is 22.8 Å². The first kappa shape index (κ1) is 49.9. The van der Waals surface area contributed by atoms with Crippen LogP contribution in [0.15, 0.2) is 72.8 Å². The predicted molar refractivity (Wildman–Crippen MR) is 251 cm³/mol. The smallest absolute Gasteiger partial charge is 0.124 e. The molecular weight excluding hydrogens is 904 g/mol. The summed E-state index contributed by atoms with van der Waals surface area (Å²) in [4.78, 5) is 10.3. The zero-order valence-corrected chi connectivity index (χ0v) is 39.4. The Kier molecular flexibility index (Phi) is 25.1. The molecule has 4 rings (SSSR count). The molecule has 0 aliphatic rings. The maximum absolute atomic E-state index is 11.4. The van der Waals surface area contributed by atoms with E-state index in [4.69, 9.17) is 9.97 Å². The maximum Gasteiger partial charge on any atom is 0.124 e. The van der Waals surface area contributed by atoms with Crippen LogP contribution in [0.25, 0.3) is 35.1 Å². The SMILES string of the molecule is CCCCCCCCc1cc(/C=C(\O)c2ccc(CCCCCC)cc2)nc(-c2cc(CCCCCCCC)cc(/C=C(\O)c3ccc(CCCCCC)cc3)n2)c1.[Pt]. The van der Waals surface area contributed by atoms with Crippen molar-refractivity contribution in [3.8, 4) is 11.4 Å². The van der Waals surface area contributed by atoms with Crippen LogP contribution in [0, 0.1) is 0 Å². The van der Waals surface area contributed by atoms with Gasteiger partial charge in [-0.3, -0.25) is 0 Å². The molecule has 0 atom stereocenters. The average molecular weight is 980 g/mol. The molecule has 4 aromatic rings. The van der Waals surface area contributed by atoms with Crippen LogP contribution in [-0.4, -0.2) is 20.2 Å². The zero-order valence-electron chi connectivity index (χ0n) is 37.2. The largest absolute Gasteiger partial charge is 0.507 e. The molecule has 2 N–H and O–H groups in total. The normalized spacial score (nSPS) is 11.9. The van der Waals surface area contributed by atoms with Gasteiger partial charge in [0.2, 0.25) is 0 Å². The summed E-state index contributed by atoms with van der Waals surface area (Å²) in [6.07, 6.45) is 32.5. The molecule has 324 valence electrons. The Labute approximate surface area is 373 Å². The molecule has 0 radical (unpaired) electrons. The molecule has 4 nitrogen and oxygen atoms in total. The van der Waals surface area contributed by atoms with Gasteiger partial charge in [0, 0.05) is 44.3 Å². The van der Waals surface area contributed by atoms with Crippen molar-refractivity contribution in [3.05, 3.63) is 118 Å². The van der Waals surface area contributed by atoms with Gasteiger partial charge in [-0.05, 0) is 97.9 Å². The van der Waals surface area contributed by atoms with Crippen LogP contribution in [0.2, 0.25) is 0 Å². The second-order valence-electron chi connectivity index (χ2n) is 16.7. The van der Waals surface area contributed by atoms with E-state index >= 15 is 0 Å². The first-order valence-electron chi connectivity index (χ1n) is 23.4. The summed E-state index contributed by atoms with van der Waals surface area (Å²) < 4.78 is 0. The summed E-state index contributed by atoms with van der Waals surface area (Å²) in [6, 6.07) is 25.3. The second kappa shape index (κ2) is 29.7. The van der Waals surface area contributed by atoms with E-state index in [0.29, 0.717) is 0 Å². The molecule has 0 aliphatic heterocycles. The Balaban J connectivity index is 0.00000930. The average Bonchev–Trinajstić information content (AvgIpc) is 3.24. The van der Waals surface area contributed by atoms with E-state index in [1.807, 2.05) is 36.4 Å². The van der Waals surface area contributed by atoms with Crippen LogP contribution < -0.4 is 0 Å². The van der Waals surface area contributed by atoms with Crippen LogP contribution in [0.5, 0.6) is 0 Å². The van der Waals surface area contributed by atoms with E-state index in [2.05, 4.69) is 76.2 Å². The Hall–Kier alpha value is -3.49. The Morgan fingerprint density at radius 1 is 0.390 bits per heavy atom. The third kappa shape index (κ3) is 19.2. The van der Waals surface area contributed by atoms with E-state index in [1.165, 1.54) is 138 Å². The predicted octanol–water partition coefficient (Wildman–Crippen LogP) is 16.3. The van der Waals surface area contributed by atoms with Gasteiger partial charge in [0.25, 0.3) is 0 Å². The van der Waals surface area contributed by atoms with Crippen molar-refractivity contribution in [2.75, 3.05) is 0 Å². The number of unbranched alkanes of at least 4 members (excludes halogenated alkanes) is 16. The van der Waals surface area contributed by atoms with Crippen LogP contribution in [0.3, 0.4) is 0 Å². The molecule has 0 unspecified atom stereocenters. The number of aliphatic hydroxyl groups excluding tert-OH is 2. The summed E-state index contributed by atoms with van der Waals surface area (Å²) in [7, 11) is 0. The van der Waals surface area contributed by atoms with Crippen molar-refractivity contribution in [1.82, 2.24) is 9.97 Å². The summed E-state index contributed by atoms with van der Waals surface area (Å²) >= 11 is 0. The second-order valence-corrected chi connectivity index (χ2v) is 16.7. The molecular formula is C54H76N2O2Pt. The summed E-state index contributed by atoms with van der Waals surface area (Å²) in [5.74, 6) is 0.441. The van der Waals surface area contributed by atoms with Crippen LogP contribution in [-0.2, 0) is 46.7 Å². The molecule has 0 saturated heterocycles. The van der Waals surface area contributed by atoms with Crippen molar-refractivity contribution in [3.63, 3.8) is 0 Å². The number of benzene rings is 2. The minimum Gasteiger partial charge on any atom is -0.507 e.